The molecule has 0 unspecified atom stereocenters. The molecule has 2 heterocycles. The van der Waals surface area contributed by atoms with E-state index in [0.717, 1.165) is 28.6 Å². The van der Waals surface area contributed by atoms with E-state index in [9.17, 15) is 4.39 Å². The zero-order valence-corrected chi connectivity index (χ0v) is 13.9. The Bertz CT molecular complexity index is 1020. The molecule has 0 bridgehead atoms. The molecule has 124 valence electrons. The number of hydrogen-bond donors (Lipinski definition) is 0. The van der Waals surface area contributed by atoms with E-state index in [1.807, 2.05) is 35.2 Å². The van der Waals surface area contributed by atoms with E-state index in [0.29, 0.717) is 12.4 Å². The van der Waals surface area contributed by atoms with Gasteiger partial charge < -0.3 is 4.42 Å². The number of aromatic nitrogens is 2. The molecular formula is C21H18FN2O+. The molecule has 4 rings (SSSR count). The summed E-state index contributed by atoms with van der Waals surface area (Å²) in [4.78, 5) is 4.62. The van der Waals surface area contributed by atoms with Crippen LogP contribution in [0.25, 0.3) is 22.6 Å². The molecule has 0 saturated heterocycles. The van der Waals surface area contributed by atoms with Crippen molar-refractivity contribution in [3.63, 3.8) is 0 Å². The fourth-order valence-electron chi connectivity index (χ4n) is 2.86. The molecule has 2 aromatic carbocycles. The fourth-order valence-corrected chi connectivity index (χ4v) is 2.86. The highest BCUT2D eigenvalue weighted by Gasteiger charge is 2.12. The van der Waals surface area contributed by atoms with E-state index in [1.165, 1.54) is 17.7 Å². The molecular weight excluding hydrogens is 315 g/mol. The summed E-state index contributed by atoms with van der Waals surface area (Å²) in [5, 5.41) is 0. The van der Waals surface area contributed by atoms with Crippen LogP contribution in [0.15, 0.2) is 71.4 Å². The second-order valence-corrected chi connectivity index (χ2v) is 6.07. The molecule has 0 fully saturated rings. The first-order valence-electron chi connectivity index (χ1n) is 8.34. The Morgan fingerprint density at radius 1 is 1.04 bits per heavy atom. The maximum absolute atomic E-state index is 13.0. The van der Waals surface area contributed by atoms with Gasteiger partial charge in [-0.2, -0.15) is 4.57 Å². The summed E-state index contributed by atoms with van der Waals surface area (Å²) in [6.07, 6.45) is 4.95. The van der Waals surface area contributed by atoms with Crippen LogP contribution >= 0.6 is 0 Å². The molecule has 0 aliphatic carbocycles. The smallest absolute Gasteiger partial charge is 0.233 e. The summed E-state index contributed by atoms with van der Waals surface area (Å²) in [6.45, 7) is 2.78. The molecule has 25 heavy (non-hydrogen) atoms. The standard InChI is InChI=1S/C21H18FN2O/c1-2-15-7-10-20-19(12-15)23-21(25-20)17-4-3-11-24(14-17)13-16-5-8-18(22)9-6-16/h3-12,14H,2,13H2,1H3/q+1. The van der Waals surface area contributed by atoms with Gasteiger partial charge in [0.15, 0.2) is 24.5 Å². The van der Waals surface area contributed by atoms with Crippen LogP contribution in [0.3, 0.4) is 0 Å². The van der Waals surface area contributed by atoms with Crippen LogP contribution in [-0.2, 0) is 13.0 Å². The van der Waals surface area contributed by atoms with Gasteiger partial charge >= 0.3 is 0 Å². The summed E-state index contributed by atoms with van der Waals surface area (Å²) in [7, 11) is 0. The summed E-state index contributed by atoms with van der Waals surface area (Å²) in [5.74, 6) is 0.386. The number of fused-ring (bicyclic) bond motifs is 1. The Kier molecular flexibility index (Phi) is 4.02. The van der Waals surface area contributed by atoms with Gasteiger partial charge in [-0.1, -0.05) is 13.0 Å². The van der Waals surface area contributed by atoms with Crippen molar-refractivity contribution in [1.29, 1.82) is 0 Å². The predicted octanol–water partition coefficient (Wildman–Crippen LogP) is 4.53. The van der Waals surface area contributed by atoms with Crippen molar-refractivity contribution < 1.29 is 13.4 Å². The van der Waals surface area contributed by atoms with Crippen molar-refractivity contribution in [2.45, 2.75) is 19.9 Å². The molecule has 0 amide bonds. The van der Waals surface area contributed by atoms with Gasteiger partial charge in [0.1, 0.15) is 16.9 Å². The lowest BCUT2D eigenvalue weighted by Crippen LogP contribution is -2.33. The van der Waals surface area contributed by atoms with Crippen molar-refractivity contribution in [2.24, 2.45) is 0 Å². The van der Waals surface area contributed by atoms with Gasteiger partial charge in [-0.25, -0.2) is 9.37 Å². The van der Waals surface area contributed by atoms with Gasteiger partial charge in [0, 0.05) is 11.6 Å². The summed E-state index contributed by atoms with van der Waals surface area (Å²) in [6, 6.07) is 16.6. The Morgan fingerprint density at radius 3 is 2.64 bits per heavy atom. The van der Waals surface area contributed by atoms with Crippen LogP contribution in [-0.4, -0.2) is 4.98 Å². The number of rotatable bonds is 4. The topological polar surface area (TPSA) is 29.9 Å². The van der Waals surface area contributed by atoms with Gasteiger partial charge in [0.2, 0.25) is 5.89 Å². The minimum absolute atomic E-state index is 0.222. The molecule has 0 atom stereocenters. The van der Waals surface area contributed by atoms with Crippen LogP contribution in [0.4, 0.5) is 4.39 Å². The quantitative estimate of drug-likeness (QED) is 0.514. The van der Waals surface area contributed by atoms with Crippen molar-refractivity contribution >= 4 is 11.1 Å². The number of oxazole rings is 1. The van der Waals surface area contributed by atoms with Gasteiger partial charge in [0.25, 0.3) is 0 Å². The second kappa shape index (κ2) is 6.48. The summed E-state index contributed by atoms with van der Waals surface area (Å²) >= 11 is 0. The normalized spacial score (nSPS) is 11.1. The molecule has 4 aromatic rings. The number of halogens is 1. The first-order chi connectivity index (χ1) is 12.2. The first kappa shape index (κ1) is 15.5. The lowest BCUT2D eigenvalue weighted by atomic mass is 10.1. The van der Waals surface area contributed by atoms with E-state index >= 15 is 0 Å². The molecule has 4 heteroatoms. The lowest BCUT2D eigenvalue weighted by molar-refractivity contribution is -0.687. The Labute approximate surface area is 145 Å². The van der Waals surface area contributed by atoms with Crippen LogP contribution in [0.5, 0.6) is 0 Å². The molecule has 0 radical (unpaired) electrons. The minimum atomic E-state index is -0.222. The van der Waals surface area contributed by atoms with Crippen molar-refractivity contribution in [1.82, 2.24) is 4.98 Å². The third kappa shape index (κ3) is 3.29. The number of hydrogen-bond acceptors (Lipinski definition) is 2. The highest BCUT2D eigenvalue weighted by atomic mass is 19.1. The van der Waals surface area contributed by atoms with Gasteiger partial charge in [0.05, 0.1) is 0 Å². The van der Waals surface area contributed by atoms with Crippen molar-refractivity contribution in [3.8, 4) is 11.5 Å². The highest BCUT2D eigenvalue weighted by molar-refractivity contribution is 5.76. The zero-order valence-electron chi connectivity index (χ0n) is 13.9. The first-order valence-corrected chi connectivity index (χ1v) is 8.34. The number of nitrogens with zero attached hydrogens (tertiary/aromatic N) is 2. The minimum Gasteiger partial charge on any atom is -0.436 e. The maximum Gasteiger partial charge on any atom is 0.233 e. The fraction of sp³-hybridized carbons (Fsp3) is 0.143. The largest absolute Gasteiger partial charge is 0.436 e. The van der Waals surface area contributed by atoms with Crippen molar-refractivity contribution in [2.75, 3.05) is 0 Å². The molecule has 0 spiro atoms. The maximum atomic E-state index is 13.0. The van der Waals surface area contributed by atoms with E-state index in [4.69, 9.17) is 4.42 Å². The Balaban J connectivity index is 1.65. The SMILES string of the molecule is CCc1ccc2oc(-c3ccc[n+](Cc4ccc(F)cc4)c3)nc2c1. The number of pyridine rings is 1. The molecule has 0 aliphatic rings. The number of aryl methyl sites for hydroxylation is 1. The van der Waals surface area contributed by atoms with E-state index in [-0.39, 0.29) is 5.82 Å². The third-order valence-electron chi connectivity index (χ3n) is 4.24. The molecule has 0 saturated carbocycles. The molecule has 2 aromatic heterocycles. The van der Waals surface area contributed by atoms with Gasteiger partial charge in [-0.3, -0.25) is 0 Å². The van der Waals surface area contributed by atoms with Crippen LogP contribution in [0.2, 0.25) is 0 Å². The zero-order chi connectivity index (χ0) is 17.2. The average Bonchev–Trinajstić information content (AvgIpc) is 3.07. The third-order valence-corrected chi connectivity index (χ3v) is 4.24. The molecule has 3 nitrogen and oxygen atoms in total. The summed E-state index contributed by atoms with van der Waals surface area (Å²) in [5.41, 5.74) is 4.86. The van der Waals surface area contributed by atoms with Crippen molar-refractivity contribution in [3.05, 3.63) is 83.9 Å². The Morgan fingerprint density at radius 2 is 1.84 bits per heavy atom. The summed E-state index contributed by atoms with van der Waals surface area (Å²) < 4.78 is 21.0. The van der Waals surface area contributed by atoms with Gasteiger partial charge in [-0.05, 0) is 54.4 Å². The average molecular weight is 333 g/mol. The van der Waals surface area contributed by atoms with Crippen LogP contribution < -0.4 is 4.57 Å². The van der Waals surface area contributed by atoms with E-state index in [1.54, 1.807) is 12.1 Å². The van der Waals surface area contributed by atoms with Crippen LogP contribution in [0, 0.1) is 5.82 Å². The monoisotopic (exact) mass is 333 g/mol. The van der Waals surface area contributed by atoms with E-state index < -0.39 is 0 Å². The molecule has 0 aliphatic heterocycles. The molecule has 0 N–H and O–H groups in total. The highest BCUT2D eigenvalue weighted by Crippen LogP contribution is 2.24. The second-order valence-electron chi connectivity index (χ2n) is 6.07. The van der Waals surface area contributed by atoms with Gasteiger partial charge in [-0.15, -0.1) is 0 Å². The van der Waals surface area contributed by atoms with E-state index in [2.05, 4.69) is 24.0 Å². The Hall–Kier alpha value is -3.01. The number of benzene rings is 2. The predicted molar refractivity (Wildman–Crippen MR) is 94.5 cm³/mol. The van der Waals surface area contributed by atoms with Crippen LogP contribution in [0.1, 0.15) is 18.1 Å². The lowest BCUT2D eigenvalue weighted by Gasteiger charge is -1.99.